The highest BCUT2D eigenvalue weighted by atomic mass is 16.6. The molecule has 138 valence electrons. The van der Waals surface area contributed by atoms with Gasteiger partial charge in [-0.1, -0.05) is 18.2 Å². The quantitative estimate of drug-likeness (QED) is 0.597. The molecule has 27 heavy (non-hydrogen) atoms. The molecular weight excluding hydrogens is 350 g/mol. The molecule has 0 radical (unpaired) electrons. The molecule has 2 aromatic rings. The van der Waals surface area contributed by atoms with E-state index >= 15 is 0 Å². The monoisotopic (exact) mass is 367 g/mol. The van der Waals surface area contributed by atoms with Gasteiger partial charge in [0.25, 0.3) is 0 Å². The van der Waals surface area contributed by atoms with Gasteiger partial charge in [0.2, 0.25) is 5.90 Å². The van der Waals surface area contributed by atoms with Crippen LogP contribution in [0.4, 0.5) is 0 Å². The molecule has 0 unspecified atom stereocenters. The van der Waals surface area contributed by atoms with E-state index in [4.69, 9.17) is 18.9 Å². The van der Waals surface area contributed by atoms with E-state index < -0.39 is 11.9 Å². The fourth-order valence-electron chi connectivity index (χ4n) is 2.57. The number of rotatable bonds is 5. The summed E-state index contributed by atoms with van der Waals surface area (Å²) in [4.78, 5) is 28.3. The molecule has 0 saturated carbocycles. The van der Waals surface area contributed by atoms with Crippen LogP contribution in [0.2, 0.25) is 0 Å². The van der Waals surface area contributed by atoms with E-state index in [0.29, 0.717) is 28.2 Å². The van der Waals surface area contributed by atoms with Gasteiger partial charge in [0.1, 0.15) is 0 Å². The standard InChI is InChI=1S/C20H17NO6/c1-24-16-9-8-13(11-17(16)25-2)18-21-15(20(23)27-18)10-12-6-4-5-7-14(12)19(22)26-3/h4-11H,1-3H3. The summed E-state index contributed by atoms with van der Waals surface area (Å²) in [5, 5.41) is 0. The lowest BCUT2D eigenvalue weighted by molar-refractivity contribution is -0.129. The van der Waals surface area contributed by atoms with Crippen LogP contribution in [-0.4, -0.2) is 39.2 Å². The van der Waals surface area contributed by atoms with E-state index in [1.165, 1.54) is 27.4 Å². The number of carbonyl (C=O) groups is 2. The molecule has 0 bridgehead atoms. The molecule has 0 N–H and O–H groups in total. The number of benzene rings is 2. The van der Waals surface area contributed by atoms with Gasteiger partial charge in [-0.3, -0.25) is 0 Å². The van der Waals surface area contributed by atoms with Crippen LogP contribution in [0.1, 0.15) is 21.5 Å². The van der Waals surface area contributed by atoms with E-state index in [0.717, 1.165) is 0 Å². The van der Waals surface area contributed by atoms with Gasteiger partial charge >= 0.3 is 11.9 Å². The van der Waals surface area contributed by atoms with Crippen LogP contribution in [-0.2, 0) is 14.3 Å². The second-order valence-electron chi connectivity index (χ2n) is 5.48. The first-order valence-corrected chi connectivity index (χ1v) is 7.99. The Morgan fingerprint density at radius 1 is 1.04 bits per heavy atom. The summed E-state index contributed by atoms with van der Waals surface area (Å²) in [7, 11) is 4.34. The Kier molecular flexibility index (Phi) is 5.21. The zero-order valence-corrected chi connectivity index (χ0v) is 15.0. The lowest BCUT2D eigenvalue weighted by Gasteiger charge is -2.08. The minimum Gasteiger partial charge on any atom is -0.493 e. The number of esters is 2. The molecule has 1 aliphatic heterocycles. The maximum Gasteiger partial charge on any atom is 0.363 e. The average Bonchev–Trinajstić information content (AvgIpc) is 3.07. The van der Waals surface area contributed by atoms with E-state index in [2.05, 4.69) is 4.99 Å². The molecule has 0 spiro atoms. The average molecular weight is 367 g/mol. The van der Waals surface area contributed by atoms with Crippen molar-refractivity contribution in [3.63, 3.8) is 0 Å². The molecule has 7 heteroatoms. The van der Waals surface area contributed by atoms with Crippen LogP contribution in [0.25, 0.3) is 6.08 Å². The van der Waals surface area contributed by atoms with Gasteiger partial charge in [-0.05, 0) is 35.9 Å². The van der Waals surface area contributed by atoms with E-state index in [1.807, 2.05) is 0 Å². The SMILES string of the molecule is COC(=O)c1ccccc1C=C1N=C(c2ccc(OC)c(OC)c2)OC1=O. The zero-order chi connectivity index (χ0) is 19.4. The Morgan fingerprint density at radius 3 is 2.48 bits per heavy atom. The molecule has 0 aliphatic carbocycles. The molecule has 0 aromatic heterocycles. The lowest BCUT2D eigenvalue weighted by atomic mass is 10.1. The Bertz CT molecular complexity index is 961. The van der Waals surface area contributed by atoms with Crippen LogP contribution in [0.15, 0.2) is 53.2 Å². The van der Waals surface area contributed by atoms with Gasteiger partial charge in [-0.15, -0.1) is 0 Å². The summed E-state index contributed by atoms with van der Waals surface area (Å²) >= 11 is 0. The number of hydrogen-bond donors (Lipinski definition) is 0. The molecule has 1 heterocycles. The van der Waals surface area contributed by atoms with Gasteiger partial charge < -0.3 is 18.9 Å². The van der Waals surface area contributed by atoms with E-state index in [1.54, 1.807) is 42.5 Å². The van der Waals surface area contributed by atoms with Gasteiger partial charge in [-0.25, -0.2) is 14.6 Å². The molecule has 0 fully saturated rings. The number of nitrogens with zero attached hydrogens (tertiary/aromatic N) is 1. The van der Waals surface area contributed by atoms with Crippen LogP contribution in [0.3, 0.4) is 0 Å². The fraction of sp³-hybridized carbons (Fsp3) is 0.150. The second kappa shape index (κ2) is 7.74. The summed E-state index contributed by atoms with van der Waals surface area (Å²) < 4.78 is 20.5. The van der Waals surface area contributed by atoms with Crippen molar-refractivity contribution in [1.29, 1.82) is 0 Å². The molecule has 0 saturated heterocycles. The largest absolute Gasteiger partial charge is 0.493 e. The minimum absolute atomic E-state index is 0.0798. The van der Waals surface area contributed by atoms with Crippen molar-refractivity contribution in [1.82, 2.24) is 0 Å². The molecule has 1 aliphatic rings. The zero-order valence-electron chi connectivity index (χ0n) is 15.0. The lowest BCUT2D eigenvalue weighted by Crippen LogP contribution is -2.06. The van der Waals surface area contributed by atoms with Gasteiger partial charge in [0, 0.05) is 5.56 Å². The molecule has 0 amide bonds. The molecule has 7 nitrogen and oxygen atoms in total. The summed E-state index contributed by atoms with van der Waals surface area (Å²) in [6, 6.07) is 11.8. The smallest absolute Gasteiger partial charge is 0.363 e. The Balaban J connectivity index is 1.98. The van der Waals surface area contributed by atoms with E-state index in [-0.39, 0.29) is 11.6 Å². The predicted octanol–water partition coefficient (Wildman–Crippen LogP) is 2.83. The van der Waals surface area contributed by atoms with Crippen LogP contribution >= 0.6 is 0 Å². The molecule has 3 rings (SSSR count). The van der Waals surface area contributed by atoms with E-state index in [9.17, 15) is 9.59 Å². The Hall–Kier alpha value is -3.61. The number of cyclic esters (lactones) is 1. The highest BCUT2D eigenvalue weighted by molar-refractivity contribution is 6.13. The third-order valence-corrected chi connectivity index (χ3v) is 3.91. The normalized spacial score (nSPS) is 14.6. The minimum atomic E-state index is -0.612. The number of ether oxygens (including phenoxy) is 4. The van der Waals surface area contributed by atoms with Crippen molar-refractivity contribution in [2.24, 2.45) is 4.99 Å². The summed E-state index contributed by atoms with van der Waals surface area (Å²) in [5.41, 5.74) is 1.48. The highest BCUT2D eigenvalue weighted by Gasteiger charge is 2.25. The summed E-state index contributed by atoms with van der Waals surface area (Å²) in [6.07, 6.45) is 1.49. The third kappa shape index (κ3) is 3.67. The van der Waals surface area contributed by atoms with Crippen molar-refractivity contribution in [3.05, 3.63) is 64.9 Å². The Labute approximate surface area is 155 Å². The van der Waals surface area contributed by atoms with Crippen molar-refractivity contribution >= 4 is 23.9 Å². The van der Waals surface area contributed by atoms with Gasteiger partial charge in [0.05, 0.1) is 26.9 Å². The fourth-order valence-corrected chi connectivity index (χ4v) is 2.57. The highest BCUT2D eigenvalue weighted by Crippen LogP contribution is 2.29. The topological polar surface area (TPSA) is 83.4 Å². The van der Waals surface area contributed by atoms with Crippen molar-refractivity contribution < 1.29 is 28.5 Å². The third-order valence-electron chi connectivity index (χ3n) is 3.91. The van der Waals surface area contributed by atoms with Gasteiger partial charge in [-0.2, -0.15) is 0 Å². The molecular formula is C20H17NO6. The maximum atomic E-state index is 12.2. The predicted molar refractivity (Wildman–Crippen MR) is 97.9 cm³/mol. The second-order valence-corrected chi connectivity index (χ2v) is 5.48. The summed E-state index contributed by atoms with van der Waals surface area (Å²) in [6.45, 7) is 0. The maximum absolute atomic E-state index is 12.2. The van der Waals surface area contributed by atoms with Crippen LogP contribution in [0.5, 0.6) is 11.5 Å². The Morgan fingerprint density at radius 2 is 1.78 bits per heavy atom. The van der Waals surface area contributed by atoms with Gasteiger partial charge in [0.15, 0.2) is 17.2 Å². The number of carbonyl (C=O) groups excluding carboxylic acids is 2. The van der Waals surface area contributed by atoms with Crippen LogP contribution < -0.4 is 9.47 Å². The number of hydrogen-bond acceptors (Lipinski definition) is 7. The van der Waals surface area contributed by atoms with Crippen LogP contribution in [0, 0.1) is 0 Å². The molecule has 2 aromatic carbocycles. The first-order chi connectivity index (χ1) is 13.1. The number of methoxy groups -OCH3 is 3. The van der Waals surface area contributed by atoms with Crippen molar-refractivity contribution in [3.8, 4) is 11.5 Å². The van der Waals surface area contributed by atoms with Crippen molar-refractivity contribution in [2.75, 3.05) is 21.3 Å². The first-order valence-electron chi connectivity index (χ1n) is 7.99. The summed E-state index contributed by atoms with van der Waals surface area (Å²) in [5.74, 6) is 0.0660. The molecule has 0 atom stereocenters. The first kappa shape index (κ1) is 18.2. The number of aliphatic imine (C=N–C) groups is 1. The van der Waals surface area contributed by atoms with Crippen molar-refractivity contribution in [2.45, 2.75) is 0 Å².